The van der Waals surface area contributed by atoms with Crippen LogP contribution in [0.15, 0.2) is 0 Å². The molecule has 0 saturated carbocycles. The molecule has 0 aromatic carbocycles. The van der Waals surface area contributed by atoms with Crippen molar-refractivity contribution in [2.24, 2.45) is 0 Å². The number of aliphatic hydroxyl groups is 2. The Morgan fingerprint density at radius 1 is 0.867 bits per heavy atom. The van der Waals surface area contributed by atoms with Crippen LogP contribution in [0.4, 0.5) is 0 Å². The van der Waals surface area contributed by atoms with Crippen LogP contribution in [0.5, 0.6) is 0 Å². The van der Waals surface area contributed by atoms with E-state index in [2.05, 4.69) is 0 Å². The topological polar surface area (TPSA) is 176 Å². The number of carboxylic acids is 2. The minimum absolute atomic E-state index is 0. The van der Waals surface area contributed by atoms with Crippen molar-refractivity contribution < 1.29 is 45.1 Å². The molecule has 0 aliphatic rings. The Labute approximate surface area is 97.0 Å². The Bertz CT molecular complexity index is 134. The van der Waals surface area contributed by atoms with Gasteiger partial charge in [-0.15, -0.1) is 0 Å². The third kappa shape index (κ3) is 151. The molecule has 0 radical (unpaired) electrons. The molecule has 0 amide bonds. The van der Waals surface area contributed by atoms with Crippen molar-refractivity contribution in [3.63, 3.8) is 0 Å². The molecule has 0 rings (SSSR count). The molecule has 0 aliphatic heterocycles. The zero-order valence-electron chi connectivity index (χ0n) is 6.94. The van der Waals surface area contributed by atoms with E-state index in [1.165, 1.54) is 0 Å². The average molecular weight is 222 g/mol. The van der Waals surface area contributed by atoms with Crippen LogP contribution in [-0.4, -0.2) is 86.8 Å². The molecule has 86 valence electrons. The molecule has 7 N–H and O–H groups in total. The quantitative estimate of drug-likeness (QED) is 0.226. The van der Waals surface area contributed by atoms with E-state index < -0.39 is 32.5 Å². The third-order valence-corrected chi connectivity index (χ3v) is 0.271. The van der Waals surface area contributed by atoms with Gasteiger partial charge in [-0.05, 0) is 0 Å². The second-order valence-electron chi connectivity index (χ2n) is 1.45. The van der Waals surface area contributed by atoms with E-state index >= 15 is 0 Å². The molecule has 0 bridgehead atoms. The van der Waals surface area contributed by atoms with Gasteiger partial charge in [0.1, 0.15) is 13.2 Å². The van der Waals surface area contributed by atoms with Crippen LogP contribution in [-0.2, 0) is 9.59 Å². The van der Waals surface area contributed by atoms with Gasteiger partial charge < -0.3 is 35.5 Å². The number of carboxylic acid groups (broad SMARTS) is 2. The van der Waals surface area contributed by atoms with E-state index in [1.807, 2.05) is 0 Å². The van der Waals surface area contributed by atoms with E-state index in [4.69, 9.17) is 45.1 Å². The Kier molecular flexibility index (Phi) is 30.4. The number of hydrogen-bond donors (Lipinski definition) is 7. The number of rotatable bonds is 2. The number of hydrogen-bond acceptors (Lipinski definition) is 7. The van der Waals surface area contributed by atoms with Gasteiger partial charge in [-0.25, -0.2) is 9.59 Å². The number of aliphatic carboxylic acids is 2. The Morgan fingerprint density at radius 3 is 0.933 bits per heavy atom. The molecule has 0 heterocycles. The van der Waals surface area contributed by atoms with Crippen LogP contribution >= 0.6 is 0 Å². The Hall–Kier alpha value is -0.598. The summed E-state index contributed by atoms with van der Waals surface area (Å²) in [4.78, 5) is 18.2. The summed E-state index contributed by atoms with van der Waals surface area (Å²) in [5.74, 6) is -2.38. The molecule has 0 spiro atoms. The Balaban J connectivity index is -0.0000000590. The average Bonchev–Trinajstić information content (AvgIpc) is 2.04. The predicted octanol–water partition coefficient (Wildman–Crippen LogP) is -4.57. The normalized spacial score (nSPS) is 6.73. The molecule has 0 unspecified atom stereocenters. The van der Waals surface area contributed by atoms with Crippen LogP contribution in [0.3, 0.4) is 0 Å². The van der Waals surface area contributed by atoms with Crippen molar-refractivity contribution in [2.45, 2.75) is 0 Å². The summed E-state index contributed by atoms with van der Waals surface area (Å²) in [5.41, 5.74) is 0. The zero-order valence-corrected chi connectivity index (χ0v) is 6.94. The van der Waals surface area contributed by atoms with E-state index in [9.17, 15) is 0 Å². The first kappa shape index (κ1) is 23.9. The molecule has 0 aromatic heterocycles. The van der Waals surface area contributed by atoms with Gasteiger partial charge in [0.2, 0.25) is 0 Å². The van der Waals surface area contributed by atoms with Gasteiger partial charge >= 0.3 is 38.1 Å². The second-order valence-corrected chi connectivity index (χ2v) is 1.45. The van der Waals surface area contributed by atoms with Gasteiger partial charge in [-0.3, -0.25) is 0 Å². The van der Waals surface area contributed by atoms with Crippen molar-refractivity contribution in [3.8, 4) is 0 Å². The molecule has 11 heteroatoms. The molecule has 9 nitrogen and oxygen atoms in total. The summed E-state index contributed by atoms with van der Waals surface area (Å²) in [6, 6.07) is 0. The SMILES string of the molecule is O=C(O)CO.O=C(O)CO.OB(O)O.[LiH]. The maximum atomic E-state index is 9.12. The summed E-state index contributed by atoms with van der Waals surface area (Å²) in [6.45, 7) is -1.56. The standard InChI is InChI=1S/2C2H4O3.BH3O3.Li.H/c2*3-1-2(4)5;2-1(3)4;;/h2*3H,1H2,(H,4,5);2-4H;;. The molecular formula is C4H12BLiO9. The van der Waals surface area contributed by atoms with Gasteiger partial charge in [0.25, 0.3) is 0 Å². The fourth-order valence-electron chi connectivity index (χ4n) is 0. The third-order valence-electron chi connectivity index (χ3n) is 0.271. The van der Waals surface area contributed by atoms with Crippen LogP contribution < -0.4 is 0 Å². The minimum atomic E-state index is -2.17. The van der Waals surface area contributed by atoms with E-state index in [-0.39, 0.29) is 18.9 Å². The number of carbonyl (C=O) groups is 2. The Morgan fingerprint density at radius 2 is 0.933 bits per heavy atom. The maximum absolute atomic E-state index is 9.12. The first-order chi connectivity index (χ1) is 6.27. The number of aliphatic hydroxyl groups excluding tert-OH is 2. The summed E-state index contributed by atoms with van der Waals surface area (Å²) in [5, 5.41) is 51.5. The van der Waals surface area contributed by atoms with Gasteiger partial charge in [0, 0.05) is 0 Å². The zero-order chi connectivity index (χ0) is 12.1. The fraction of sp³-hybridized carbons (Fsp3) is 0.500. The first-order valence-corrected chi connectivity index (χ1v) is 2.97. The molecule has 15 heavy (non-hydrogen) atoms. The molecule has 0 fully saturated rings. The summed E-state index contributed by atoms with van der Waals surface area (Å²) >= 11 is 0. The summed E-state index contributed by atoms with van der Waals surface area (Å²) < 4.78 is 0. The van der Waals surface area contributed by atoms with Gasteiger partial charge in [0.15, 0.2) is 0 Å². The predicted molar refractivity (Wildman–Crippen MR) is 49.0 cm³/mol. The van der Waals surface area contributed by atoms with Crippen molar-refractivity contribution >= 4 is 38.1 Å². The first-order valence-electron chi connectivity index (χ1n) is 2.97. The summed E-state index contributed by atoms with van der Waals surface area (Å²) in [6.07, 6.45) is 0. The fourth-order valence-corrected chi connectivity index (χ4v) is 0. The molecular weight excluding hydrogens is 210 g/mol. The molecule has 0 aliphatic carbocycles. The van der Waals surface area contributed by atoms with Crippen molar-refractivity contribution in [1.29, 1.82) is 0 Å². The van der Waals surface area contributed by atoms with Gasteiger partial charge in [-0.1, -0.05) is 0 Å². The van der Waals surface area contributed by atoms with Crippen molar-refractivity contribution in [3.05, 3.63) is 0 Å². The van der Waals surface area contributed by atoms with E-state index in [0.29, 0.717) is 0 Å². The molecule has 0 aromatic rings. The van der Waals surface area contributed by atoms with Crippen LogP contribution in [0.1, 0.15) is 0 Å². The van der Waals surface area contributed by atoms with E-state index in [1.54, 1.807) is 0 Å². The van der Waals surface area contributed by atoms with Crippen LogP contribution in [0.25, 0.3) is 0 Å². The van der Waals surface area contributed by atoms with Crippen LogP contribution in [0.2, 0.25) is 0 Å². The van der Waals surface area contributed by atoms with Gasteiger partial charge in [0.05, 0.1) is 0 Å². The van der Waals surface area contributed by atoms with Crippen molar-refractivity contribution in [2.75, 3.05) is 13.2 Å². The van der Waals surface area contributed by atoms with Crippen molar-refractivity contribution in [1.82, 2.24) is 0 Å². The van der Waals surface area contributed by atoms with Crippen LogP contribution in [0, 0.1) is 0 Å². The van der Waals surface area contributed by atoms with Gasteiger partial charge in [-0.2, -0.15) is 0 Å². The van der Waals surface area contributed by atoms with E-state index in [0.717, 1.165) is 0 Å². The molecule has 0 saturated heterocycles. The summed E-state index contributed by atoms with van der Waals surface area (Å²) in [7, 11) is -2.17. The second kappa shape index (κ2) is 19.1. The monoisotopic (exact) mass is 222 g/mol. The molecule has 0 atom stereocenters.